The summed E-state index contributed by atoms with van der Waals surface area (Å²) in [5.74, 6) is 0. The first-order valence-electron chi connectivity index (χ1n) is 6.65. The molecule has 0 unspecified atom stereocenters. The molecule has 0 aromatic heterocycles. The van der Waals surface area contributed by atoms with Crippen LogP contribution in [0.25, 0.3) is 0 Å². The third-order valence-corrected chi connectivity index (χ3v) is 3.06. The van der Waals surface area contributed by atoms with E-state index in [1.165, 1.54) is 25.7 Å². The van der Waals surface area contributed by atoms with Gasteiger partial charge in [-0.3, -0.25) is 0 Å². The first-order chi connectivity index (χ1) is 8.24. The van der Waals surface area contributed by atoms with E-state index in [1.54, 1.807) is 0 Å². The van der Waals surface area contributed by atoms with E-state index in [9.17, 15) is 0 Å². The van der Waals surface area contributed by atoms with Gasteiger partial charge in [-0.15, -0.1) is 0 Å². The summed E-state index contributed by atoms with van der Waals surface area (Å²) in [4.78, 5) is 0. The van der Waals surface area contributed by atoms with Crippen LogP contribution in [0.15, 0.2) is 0 Å². The molecule has 17 heavy (non-hydrogen) atoms. The monoisotopic (exact) mass is 248 g/mol. The maximum Gasteiger partial charge on any atom is 0.0629 e. The van der Waals surface area contributed by atoms with Crippen molar-refractivity contribution in [2.45, 2.75) is 45.4 Å². The molecule has 4 nitrogen and oxygen atoms in total. The van der Waals surface area contributed by atoms with Crippen LogP contribution in [-0.4, -0.2) is 48.4 Å². The number of aliphatic hydroxyl groups is 3. The van der Waals surface area contributed by atoms with Crippen LogP contribution in [0, 0.1) is 5.41 Å². The summed E-state index contributed by atoms with van der Waals surface area (Å²) in [6.45, 7) is 2.28. The van der Waals surface area contributed by atoms with E-state index in [2.05, 4.69) is 6.92 Å². The summed E-state index contributed by atoms with van der Waals surface area (Å²) in [6, 6.07) is 0. The predicted molar refractivity (Wildman–Crippen MR) is 67.9 cm³/mol. The second-order valence-electron chi connectivity index (χ2n) is 4.79. The van der Waals surface area contributed by atoms with E-state index in [0.29, 0.717) is 6.61 Å². The molecule has 0 fully saturated rings. The number of hydrogen-bond donors (Lipinski definition) is 3. The molecule has 0 aliphatic heterocycles. The van der Waals surface area contributed by atoms with Gasteiger partial charge in [0.15, 0.2) is 0 Å². The van der Waals surface area contributed by atoms with E-state index in [1.807, 2.05) is 0 Å². The van der Waals surface area contributed by atoms with Crippen molar-refractivity contribution in [1.29, 1.82) is 0 Å². The quantitative estimate of drug-likeness (QED) is 0.456. The van der Waals surface area contributed by atoms with Crippen LogP contribution >= 0.6 is 0 Å². The van der Waals surface area contributed by atoms with Gasteiger partial charge in [-0.05, 0) is 6.42 Å². The van der Waals surface area contributed by atoms with Crippen LogP contribution < -0.4 is 0 Å². The van der Waals surface area contributed by atoms with Crippen LogP contribution in [-0.2, 0) is 4.74 Å². The Morgan fingerprint density at radius 2 is 1.35 bits per heavy atom. The fraction of sp³-hybridized carbons (Fsp3) is 1.00. The molecule has 0 aliphatic carbocycles. The van der Waals surface area contributed by atoms with Gasteiger partial charge in [0, 0.05) is 6.61 Å². The lowest BCUT2D eigenvalue weighted by atomic mass is 9.93. The average Bonchev–Trinajstić information content (AvgIpc) is 2.38. The van der Waals surface area contributed by atoms with Crippen LogP contribution in [0.1, 0.15) is 45.4 Å². The minimum absolute atomic E-state index is 0.214. The van der Waals surface area contributed by atoms with Gasteiger partial charge >= 0.3 is 0 Å². The molecular formula is C13H28O4. The summed E-state index contributed by atoms with van der Waals surface area (Å²) in [5, 5.41) is 27.2. The van der Waals surface area contributed by atoms with Gasteiger partial charge in [0.25, 0.3) is 0 Å². The molecule has 104 valence electrons. The Morgan fingerprint density at radius 3 is 1.88 bits per heavy atom. The second-order valence-corrected chi connectivity index (χ2v) is 4.79. The molecule has 4 heteroatoms. The summed E-state index contributed by atoms with van der Waals surface area (Å²) in [5.41, 5.74) is -0.887. The maximum absolute atomic E-state index is 9.08. The van der Waals surface area contributed by atoms with E-state index >= 15 is 0 Å². The molecule has 0 radical (unpaired) electrons. The summed E-state index contributed by atoms with van der Waals surface area (Å²) >= 11 is 0. The van der Waals surface area contributed by atoms with Gasteiger partial charge in [0.2, 0.25) is 0 Å². The maximum atomic E-state index is 9.08. The molecule has 0 atom stereocenters. The van der Waals surface area contributed by atoms with Crippen LogP contribution in [0.5, 0.6) is 0 Å². The number of aliphatic hydroxyl groups excluding tert-OH is 3. The molecule has 0 aromatic carbocycles. The van der Waals surface area contributed by atoms with E-state index in [-0.39, 0.29) is 26.4 Å². The lowest BCUT2D eigenvalue weighted by molar-refractivity contribution is -0.0582. The highest BCUT2D eigenvalue weighted by molar-refractivity contribution is 4.76. The zero-order chi connectivity index (χ0) is 13.0. The normalized spacial score (nSPS) is 12.0. The molecule has 0 aromatic rings. The first kappa shape index (κ1) is 16.8. The number of hydrogen-bond acceptors (Lipinski definition) is 4. The van der Waals surface area contributed by atoms with Crippen LogP contribution in [0.3, 0.4) is 0 Å². The lowest BCUT2D eigenvalue weighted by Gasteiger charge is -2.26. The van der Waals surface area contributed by atoms with Crippen molar-refractivity contribution in [3.8, 4) is 0 Å². The largest absolute Gasteiger partial charge is 0.396 e. The molecule has 0 saturated carbocycles. The standard InChI is InChI=1S/C13H28O4/c1-2-3-4-5-6-7-8-17-12-13(9-14,10-15)11-16/h14-16H,2-12H2,1H3. The minimum atomic E-state index is -0.887. The topological polar surface area (TPSA) is 69.9 Å². The summed E-state index contributed by atoms with van der Waals surface area (Å²) in [6.07, 6.45) is 7.23. The number of unbranched alkanes of at least 4 members (excludes halogenated alkanes) is 5. The third-order valence-electron chi connectivity index (χ3n) is 3.06. The summed E-state index contributed by atoms with van der Waals surface area (Å²) < 4.78 is 5.40. The Morgan fingerprint density at radius 1 is 0.824 bits per heavy atom. The van der Waals surface area contributed by atoms with Crippen molar-refractivity contribution in [3.63, 3.8) is 0 Å². The van der Waals surface area contributed by atoms with Gasteiger partial charge in [-0.25, -0.2) is 0 Å². The summed E-state index contributed by atoms with van der Waals surface area (Å²) in [7, 11) is 0. The van der Waals surface area contributed by atoms with Crippen molar-refractivity contribution < 1.29 is 20.1 Å². The Balaban J connectivity index is 3.43. The molecule has 0 aliphatic rings. The lowest BCUT2D eigenvalue weighted by Crippen LogP contribution is -2.38. The Kier molecular flexibility index (Phi) is 10.9. The van der Waals surface area contributed by atoms with Crippen molar-refractivity contribution in [2.75, 3.05) is 33.0 Å². The van der Waals surface area contributed by atoms with Crippen molar-refractivity contribution in [1.82, 2.24) is 0 Å². The van der Waals surface area contributed by atoms with Crippen molar-refractivity contribution in [2.24, 2.45) is 5.41 Å². The SMILES string of the molecule is CCCCCCCCOCC(CO)(CO)CO. The molecule has 0 saturated heterocycles. The molecule has 3 N–H and O–H groups in total. The Bertz CT molecular complexity index is 149. The molecule has 0 heterocycles. The Labute approximate surface area is 105 Å². The highest BCUT2D eigenvalue weighted by Crippen LogP contribution is 2.15. The number of rotatable bonds is 12. The highest BCUT2D eigenvalue weighted by atomic mass is 16.5. The van der Waals surface area contributed by atoms with E-state index < -0.39 is 5.41 Å². The van der Waals surface area contributed by atoms with Gasteiger partial charge in [0.1, 0.15) is 0 Å². The zero-order valence-corrected chi connectivity index (χ0v) is 11.0. The van der Waals surface area contributed by atoms with Crippen LogP contribution in [0.4, 0.5) is 0 Å². The smallest absolute Gasteiger partial charge is 0.0629 e. The molecule has 0 bridgehead atoms. The molecule has 0 spiro atoms. The van der Waals surface area contributed by atoms with Crippen LogP contribution in [0.2, 0.25) is 0 Å². The fourth-order valence-electron chi connectivity index (χ4n) is 1.56. The third kappa shape index (κ3) is 7.71. The van der Waals surface area contributed by atoms with Gasteiger partial charge in [-0.2, -0.15) is 0 Å². The second kappa shape index (κ2) is 11.0. The molecule has 0 amide bonds. The first-order valence-corrected chi connectivity index (χ1v) is 6.65. The highest BCUT2D eigenvalue weighted by Gasteiger charge is 2.28. The Hall–Kier alpha value is -0.160. The fourth-order valence-corrected chi connectivity index (χ4v) is 1.56. The molecule has 0 rings (SSSR count). The van der Waals surface area contributed by atoms with Gasteiger partial charge in [0.05, 0.1) is 31.8 Å². The molecular weight excluding hydrogens is 220 g/mol. The number of ether oxygens (including phenoxy) is 1. The van der Waals surface area contributed by atoms with Gasteiger partial charge < -0.3 is 20.1 Å². The average molecular weight is 248 g/mol. The van der Waals surface area contributed by atoms with E-state index in [4.69, 9.17) is 20.1 Å². The van der Waals surface area contributed by atoms with Crippen molar-refractivity contribution in [3.05, 3.63) is 0 Å². The minimum Gasteiger partial charge on any atom is -0.396 e. The van der Waals surface area contributed by atoms with E-state index in [0.717, 1.165) is 12.8 Å². The van der Waals surface area contributed by atoms with Crippen molar-refractivity contribution >= 4 is 0 Å². The van der Waals surface area contributed by atoms with Gasteiger partial charge in [-0.1, -0.05) is 39.0 Å². The zero-order valence-electron chi connectivity index (χ0n) is 11.0. The predicted octanol–water partition coefficient (Wildman–Crippen LogP) is 1.33.